The van der Waals surface area contributed by atoms with E-state index in [1.54, 1.807) is 19.2 Å². The first kappa shape index (κ1) is 21.7. The minimum Gasteiger partial charge on any atom is -0.481 e. The maximum Gasteiger partial charge on any atom is 0.240 e. The van der Waals surface area contributed by atoms with E-state index in [2.05, 4.69) is 48.4 Å². The van der Waals surface area contributed by atoms with E-state index in [9.17, 15) is 4.79 Å². The summed E-state index contributed by atoms with van der Waals surface area (Å²) < 4.78 is 10.2. The van der Waals surface area contributed by atoms with Gasteiger partial charge >= 0.3 is 0 Å². The van der Waals surface area contributed by atoms with Gasteiger partial charge in [0.05, 0.1) is 14.2 Å². The molecule has 5 nitrogen and oxygen atoms in total. The summed E-state index contributed by atoms with van der Waals surface area (Å²) in [7, 11) is 3.07. The summed E-state index contributed by atoms with van der Waals surface area (Å²) in [6.07, 6.45) is 5.44. The van der Waals surface area contributed by atoms with Crippen molar-refractivity contribution in [1.82, 2.24) is 4.98 Å². The Morgan fingerprint density at radius 3 is 2.21 bits per heavy atom. The molecule has 0 aliphatic heterocycles. The predicted molar refractivity (Wildman–Crippen MR) is 113 cm³/mol. The van der Waals surface area contributed by atoms with Crippen LogP contribution in [-0.4, -0.2) is 25.1 Å². The molecule has 1 fully saturated rings. The smallest absolute Gasteiger partial charge is 0.240 e. The van der Waals surface area contributed by atoms with Crippen molar-refractivity contribution in [2.75, 3.05) is 19.5 Å². The fourth-order valence-corrected chi connectivity index (χ4v) is 3.23. The molecule has 152 valence electrons. The van der Waals surface area contributed by atoms with E-state index in [0.717, 1.165) is 25.7 Å². The first-order valence-corrected chi connectivity index (χ1v) is 10.00. The van der Waals surface area contributed by atoms with E-state index in [0.29, 0.717) is 23.4 Å². The first-order chi connectivity index (χ1) is 13.5. The number of benzene rings is 1. The number of ether oxygens (including phenoxy) is 2. The molecule has 1 N–H and O–H groups in total. The third-order valence-corrected chi connectivity index (χ3v) is 4.94. The van der Waals surface area contributed by atoms with Crippen molar-refractivity contribution >= 4 is 11.6 Å². The van der Waals surface area contributed by atoms with Gasteiger partial charge < -0.3 is 14.8 Å². The molecule has 1 heterocycles. The van der Waals surface area contributed by atoms with Crippen LogP contribution >= 0.6 is 0 Å². The Bertz CT molecular complexity index is 726. The SMILES string of the molecule is CC(C)c1ccccc1.COc1ccc(NC(=O)C2CCCCC2)c(OC)n1. The molecule has 2 aromatic rings. The highest BCUT2D eigenvalue weighted by Crippen LogP contribution is 2.28. The number of hydrogen-bond donors (Lipinski definition) is 1. The Labute approximate surface area is 168 Å². The molecule has 1 aromatic carbocycles. The first-order valence-electron chi connectivity index (χ1n) is 10.00. The summed E-state index contributed by atoms with van der Waals surface area (Å²) in [5, 5.41) is 2.90. The molecule has 1 amide bonds. The van der Waals surface area contributed by atoms with Gasteiger partial charge in [-0.1, -0.05) is 63.4 Å². The minimum atomic E-state index is 0.0602. The maximum absolute atomic E-state index is 12.2. The average Bonchev–Trinajstić information content (AvgIpc) is 2.75. The lowest BCUT2D eigenvalue weighted by Gasteiger charge is -2.21. The van der Waals surface area contributed by atoms with Gasteiger partial charge in [-0.15, -0.1) is 0 Å². The molecule has 0 spiro atoms. The van der Waals surface area contributed by atoms with Crippen molar-refractivity contribution in [3.8, 4) is 11.8 Å². The molecule has 1 saturated carbocycles. The van der Waals surface area contributed by atoms with Crippen molar-refractivity contribution in [2.24, 2.45) is 5.92 Å². The number of methoxy groups -OCH3 is 2. The molecule has 1 aromatic heterocycles. The van der Waals surface area contributed by atoms with Gasteiger partial charge in [0, 0.05) is 12.0 Å². The monoisotopic (exact) mass is 384 g/mol. The summed E-state index contributed by atoms with van der Waals surface area (Å²) in [6.45, 7) is 4.41. The van der Waals surface area contributed by atoms with E-state index in [4.69, 9.17) is 9.47 Å². The predicted octanol–water partition coefficient (Wildman–Crippen LogP) is 5.43. The number of nitrogens with zero attached hydrogens (tertiary/aromatic N) is 1. The quantitative estimate of drug-likeness (QED) is 0.747. The number of amides is 1. The van der Waals surface area contributed by atoms with Crippen LogP contribution in [0.15, 0.2) is 42.5 Å². The molecule has 0 atom stereocenters. The fourth-order valence-electron chi connectivity index (χ4n) is 3.23. The van der Waals surface area contributed by atoms with Crippen LogP contribution in [0.5, 0.6) is 11.8 Å². The van der Waals surface area contributed by atoms with E-state index in [-0.39, 0.29) is 11.8 Å². The number of rotatable bonds is 5. The summed E-state index contributed by atoms with van der Waals surface area (Å²) in [4.78, 5) is 16.3. The van der Waals surface area contributed by atoms with Crippen LogP contribution in [-0.2, 0) is 4.79 Å². The van der Waals surface area contributed by atoms with Crippen molar-refractivity contribution in [2.45, 2.75) is 51.9 Å². The zero-order valence-corrected chi connectivity index (χ0v) is 17.4. The van der Waals surface area contributed by atoms with E-state index in [1.165, 1.54) is 19.1 Å². The molecule has 0 bridgehead atoms. The van der Waals surface area contributed by atoms with Crippen LogP contribution in [0, 0.1) is 5.92 Å². The second-order valence-corrected chi connectivity index (χ2v) is 7.30. The zero-order valence-electron chi connectivity index (χ0n) is 17.4. The average molecular weight is 385 g/mol. The number of aromatic nitrogens is 1. The number of nitrogens with one attached hydrogen (secondary N) is 1. The highest BCUT2D eigenvalue weighted by molar-refractivity contribution is 5.93. The Morgan fingerprint density at radius 1 is 1.00 bits per heavy atom. The van der Waals surface area contributed by atoms with Gasteiger partial charge in [0.2, 0.25) is 17.7 Å². The maximum atomic E-state index is 12.2. The second-order valence-electron chi connectivity index (χ2n) is 7.30. The number of hydrogen-bond acceptors (Lipinski definition) is 4. The lowest BCUT2D eigenvalue weighted by atomic mass is 9.88. The van der Waals surface area contributed by atoms with Gasteiger partial charge in [0.1, 0.15) is 5.69 Å². The standard InChI is InChI=1S/C14H20N2O3.C9H12/c1-18-12-9-8-11(14(16-12)19-2)15-13(17)10-6-4-3-5-7-10;1-8(2)9-6-4-3-5-7-9/h8-10H,3-7H2,1-2H3,(H,15,17);3-8H,1-2H3. The van der Waals surface area contributed by atoms with Crippen LogP contribution in [0.1, 0.15) is 57.4 Å². The highest BCUT2D eigenvalue weighted by Gasteiger charge is 2.22. The van der Waals surface area contributed by atoms with E-state index >= 15 is 0 Å². The lowest BCUT2D eigenvalue weighted by Crippen LogP contribution is -2.25. The third-order valence-electron chi connectivity index (χ3n) is 4.94. The lowest BCUT2D eigenvalue weighted by molar-refractivity contribution is -0.120. The Morgan fingerprint density at radius 2 is 1.68 bits per heavy atom. The minimum absolute atomic E-state index is 0.0602. The van der Waals surface area contributed by atoms with E-state index in [1.807, 2.05) is 6.07 Å². The summed E-state index contributed by atoms with van der Waals surface area (Å²) in [5.41, 5.74) is 2.01. The number of carbonyl (C=O) groups is 1. The van der Waals surface area contributed by atoms with Crippen molar-refractivity contribution in [3.63, 3.8) is 0 Å². The third kappa shape index (κ3) is 6.55. The van der Waals surface area contributed by atoms with Gasteiger partial charge in [-0.25, -0.2) is 0 Å². The molecular weight excluding hydrogens is 352 g/mol. The van der Waals surface area contributed by atoms with Gasteiger partial charge in [-0.2, -0.15) is 4.98 Å². The summed E-state index contributed by atoms with van der Waals surface area (Å²) in [5.74, 6) is 1.67. The summed E-state index contributed by atoms with van der Waals surface area (Å²) >= 11 is 0. The number of anilines is 1. The van der Waals surface area contributed by atoms with Crippen LogP contribution in [0.3, 0.4) is 0 Å². The molecule has 1 aliphatic carbocycles. The van der Waals surface area contributed by atoms with Gasteiger partial charge in [0.15, 0.2) is 0 Å². The van der Waals surface area contributed by atoms with Crippen molar-refractivity contribution in [1.29, 1.82) is 0 Å². The van der Waals surface area contributed by atoms with Crippen LogP contribution in [0.25, 0.3) is 0 Å². The largest absolute Gasteiger partial charge is 0.481 e. The number of pyridine rings is 1. The molecule has 3 rings (SSSR count). The normalized spacial score (nSPS) is 14.0. The van der Waals surface area contributed by atoms with E-state index < -0.39 is 0 Å². The van der Waals surface area contributed by atoms with Gasteiger partial charge in [-0.05, 0) is 30.4 Å². The molecule has 0 unspecified atom stereocenters. The Balaban J connectivity index is 0.000000261. The van der Waals surface area contributed by atoms with Crippen LogP contribution < -0.4 is 14.8 Å². The van der Waals surface area contributed by atoms with Crippen LogP contribution in [0.4, 0.5) is 5.69 Å². The Hall–Kier alpha value is -2.56. The molecular formula is C23H32N2O3. The van der Waals surface area contributed by atoms with Gasteiger partial charge in [-0.3, -0.25) is 4.79 Å². The molecule has 0 radical (unpaired) electrons. The second kappa shape index (κ2) is 11.3. The van der Waals surface area contributed by atoms with Crippen molar-refractivity contribution < 1.29 is 14.3 Å². The fraction of sp³-hybridized carbons (Fsp3) is 0.478. The molecule has 1 aliphatic rings. The summed E-state index contributed by atoms with van der Waals surface area (Å²) in [6, 6.07) is 14.0. The van der Waals surface area contributed by atoms with Crippen LogP contribution in [0.2, 0.25) is 0 Å². The van der Waals surface area contributed by atoms with Crippen molar-refractivity contribution in [3.05, 3.63) is 48.0 Å². The van der Waals surface area contributed by atoms with Gasteiger partial charge in [0.25, 0.3) is 0 Å². The molecule has 28 heavy (non-hydrogen) atoms. The topological polar surface area (TPSA) is 60.5 Å². The number of carbonyl (C=O) groups excluding carboxylic acids is 1. The highest BCUT2D eigenvalue weighted by atomic mass is 16.5. The molecule has 5 heteroatoms. The molecule has 0 saturated heterocycles. The zero-order chi connectivity index (χ0) is 20.4. The Kier molecular flexibility index (Phi) is 8.79.